The van der Waals surface area contributed by atoms with Gasteiger partial charge in [0.2, 0.25) is 0 Å². The van der Waals surface area contributed by atoms with Gasteiger partial charge in [0.25, 0.3) is 0 Å². The lowest BCUT2D eigenvalue weighted by molar-refractivity contribution is 0.251. The van der Waals surface area contributed by atoms with Crippen LogP contribution in [0.15, 0.2) is 42.6 Å². The first-order chi connectivity index (χ1) is 9.16. The Labute approximate surface area is 110 Å². The molecule has 4 nitrogen and oxygen atoms in total. The maximum absolute atomic E-state index is 11.7. The first kappa shape index (κ1) is 11.5. The number of nitrogens with zero attached hydrogens (tertiary/aromatic N) is 2. The molecule has 0 unspecified atom stereocenters. The smallest absolute Gasteiger partial charge is 0.323 e. The minimum absolute atomic E-state index is 0.532. The molecular weight excluding hydrogens is 238 g/mol. The molecule has 0 spiro atoms. The molecule has 0 aliphatic heterocycles. The van der Waals surface area contributed by atoms with Crippen molar-refractivity contribution in [3.8, 4) is 11.4 Å². The molecule has 2 N–H and O–H groups in total. The van der Waals surface area contributed by atoms with Crippen LogP contribution in [-0.4, -0.2) is 15.6 Å². The van der Waals surface area contributed by atoms with E-state index in [1.165, 1.54) is 4.57 Å². The van der Waals surface area contributed by atoms with Crippen molar-refractivity contribution < 1.29 is 4.79 Å². The number of benzene rings is 1. The standard InChI is InChI=1S/C15H12N3O/c1-10-5-6-13-11(8-10)9-14(18(13)15(16)19)12-4-2-3-7-17-12/h2-5,7-9H,1H3,(H2,16,19). The molecule has 0 aliphatic rings. The normalized spacial score (nSPS) is 10.8. The van der Waals surface area contributed by atoms with Gasteiger partial charge in [0.1, 0.15) is 0 Å². The number of amides is 1. The van der Waals surface area contributed by atoms with Crippen LogP contribution in [0.1, 0.15) is 5.56 Å². The number of hydrogen-bond donors (Lipinski definition) is 1. The van der Waals surface area contributed by atoms with Gasteiger partial charge >= 0.3 is 6.03 Å². The molecule has 0 fully saturated rings. The lowest BCUT2D eigenvalue weighted by Crippen LogP contribution is -2.20. The van der Waals surface area contributed by atoms with E-state index in [0.29, 0.717) is 16.9 Å². The number of rotatable bonds is 1. The van der Waals surface area contributed by atoms with E-state index in [2.05, 4.69) is 11.1 Å². The molecule has 4 heteroatoms. The molecule has 19 heavy (non-hydrogen) atoms. The summed E-state index contributed by atoms with van der Waals surface area (Å²) in [5, 5.41) is 0.930. The summed E-state index contributed by atoms with van der Waals surface area (Å²) in [6, 6.07) is 13.9. The van der Waals surface area contributed by atoms with E-state index in [1.54, 1.807) is 6.20 Å². The topological polar surface area (TPSA) is 60.9 Å². The van der Waals surface area contributed by atoms with Crippen LogP contribution in [0.5, 0.6) is 0 Å². The van der Waals surface area contributed by atoms with Gasteiger partial charge in [0.05, 0.1) is 16.9 Å². The molecule has 3 rings (SSSR count). The van der Waals surface area contributed by atoms with E-state index in [4.69, 9.17) is 5.73 Å². The number of nitrogens with two attached hydrogens (primary N) is 1. The lowest BCUT2D eigenvalue weighted by atomic mass is 10.2. The minimum atomic E-state index is -0.532. The van der Waals surface area contributed by atoms with Crippen molar-refractivity contribution in [2.75, 3.05) is 0 Å². The van der Waals surface area contributed by atoms with Gasteiger partial charge in [-0.1, -0.05) is 6.07 Å². The van der Waals surface area contributed by atoms with Gasteiger partial charge in [-0.25, -0.2) is 4.79 Å². The molecule has 1 aromatic carbocycles. The zero-order valence-corrected chi connectivity index (χ0v) is 10.4. The maximum Gasteiger partial charge on any atom is 0.323 e. The van der Waals surface area contributed by atoms with Crippen LogP contribution in [0.25, 0.3) is 22.3 Å². The Morgan fingerprint density at radius 3 is 2.89 bits per heavy atom. The van der Waals surface area contributed by atoms with Crippen molar-refractivity contribution in [1.82, 2.24) is 9.55 Å². The number of aryl methyl sites for hydroxylation is 1. The summed E-state index contributed by atoms with van der Waals surface area (Å²) >= 11 is 0. The average molecular weight is 250 g/mol. The second kappa shape index (κ2) is 4.24. The Bertz CT molecular complexity index is 760. The van der Waals surface area contributed by atoms with E-state index in [-0.39, 0.29) is 0 Å². The van der Waals surface area contributed by atoms with Crippen molar-refractivity contribution in [1.29, 1.82) is 0 Å². The number of fused-ring (bicyclic) bond motifs is 1. The van der Waals surface area contributed by atoms with Crippen molar-refractivity contribution in [3.63, 3.8) is 0 Å². The first-order valence-electron chi connectivity index (χ1n) is 5.92. The third-order valence-corrected chi connectivity index (χ3v) is 3.00. The number of aromatic nitrogens is 2. The third-order valence-electron chi connectivity index (χ3n) is 3.00. The molecule has 1 radical (unpaired) electrons. The van der Waals surface area contributed by atoms with E-state index < -0.39 is 6.03 Å². The molecule has 0 bridgehead atoms. The highest BCUT2D eigenvalue weighted by Crippen LogP contribution is 2.26. The van der Waals surface area contributed by atoms with Crippen molar-refractivity contribution in [2.45, 2.75) is 6.92 Å². The molecule has 0 saturated heterocycles. The van der Waals surface area contributed by atoms with Crippen LogP contribution in [0.3, 0.4) is 0 Å². The highest BCUT2D eigenvalue weighted by molar-refractivity contribution is 5.96. The molecule has 3 aromatic rings. The van der Waals surface area contributed by atoms with Crippen LogP contribution in [-0.2, 0) is 0 Å². The summed E-state index contributed by atoms with van der Waals surface area (Å²) in [6.07, 6.45) is 1.69. The Kier molecular flexibility index (Phi) is 2.56. The number of pyridine rings is 1. The van der Waals surface area contributed by atoms with Crippen molar-refractivity contribution in [3.05, 3.63) is 54.2 Å². The Morgan fingerprint density at radius 2 is 2.21 bits per heavy atom. The molecule has 1 amide bonds. The molecule has 2 aromatic heterocycles. The summed E-state index contributed by atoms with van der Waals surface area (Å²) in [7, 11) is 0. The van der Waals surface area contributed by atoms with Crippen LogP contribution in [0.4, 0.5) is 4.79 Å². The SMILES string of the molecule is Cc1c[c]c2c(c1)cc(-c1ccccn1)n2C(N)=O. The summed E-state index contributed by atoms with van der Waals surface area (Å²) in [5.74, 6) is 0. The first-order valence-corrected chi connectivity index (χ1v) is 5.92. The molecule has 0 atom stereocenters. The van der Waals surface area contributed by atoms with E-state index >= 15 is 0 Å². The van der Waals surface area contributed by atoms with Gasteiger partial charge in [0, 0.05) is 17.6 Å². The number of carbonyl (C=O) groups is 1. The van der Waals surface area contributed by atoms with Crippen molar-refractivity contribution >= 4 is 16.9 Å². The zero-order chi connectivity index (χ0) is 13.4. The monoisotopic (exact) mass is 250 g/mol. The van der Waals surface area contributed by atoms with Gasteiger partial charge in [-0.05, 0) is 42.8 Å². The Hall–Kier alpha value is -2.62. The highest BCUT2D eigenvalue weighted by atomic mass is 16.2. The predicted octanol–water partition coefficient (Wildman–Crippen LogP) is 2.74. The lowest BCUT2D eigenvalue weighted by Gasteiger charge is -2.05. The zero-order valence-electron chi connectivity index (χ0n) is 10.4. The summed E-state index contributed by atoms with van der Waals surface area (Å²) < 4.78 is 1.44. The fourth-order valence-corrected chi connectivity index (χ4v) is 2.19. The van der Waals surface area contributed by atoms with Crippen LogP contribution < -0.4 is 5.73 Å². The number of carbonyl (C=O) groups excluding carboxylic acids is 1. The van der Waals surface area contributed by atoms with Gasteiger partial charge in [-0.2, -0.15) is 0 Å². The van der Waals surface area contributed by atoms with Gasteiger partial charge in [0.15, 0.2) is 0 Å². The molecule has 0 saturated carbocycles. The van der Waals surface area contributed by atoms with Gasteiger partial charge < -0.3 is 5.73 Å². The number of primary amides is 1. The number of hydrogen-bond acceptors (Lipinski definition) is 2. The van der Waals surface area contributed by atoms with Crippen LogP contribution in [0, 0.1) is 13.0 Å². The Morgan fingerprint density at radius 1 is 1.37 bits per heavy atom. The molecular formula is C15H12N3O. The second-order valence-electron chi connectivity index (χ2n) is 4.40. The van der Waals surface area contributed by atoms with Crippen molar-refractivity contribution in [2.24, 2.45) is 5.73 Å². The van der Waals surface area contributed by atoms with Gasteiger partial charge in [-0.15, -0.1) is 0 Å². The molecule has 93 valence electrons. The molecule has 0 aliphatic carbocycles. The maximum atomic E-state index is 11.7. The minimum Gasteiger partial charge on any atom is -0.351 e. The third kappa shape index (κ3) is 1.87. The van der Waals surface area contributed by atoms with E-state index in [0.717, 1.165) is 10.9 Å². The quantitative estimate of drug-likeness (QED) is 0.721. The van der Waals surface area contributed by atoms with E-state index in [9.17, 15) is 4.79 Å². The Balaban J connectivity index is 2.35. The predicted molar refractivity (Wildman–Crippen MR) is 73.7 cm³/mol. The largest absolute Gasteiger partial charge is 0.351 e. The van der Waals surface area contributed by atoms with Gasteiger partial charge in [-0.3, -0.25) is 9.55 Å². The van der Waals surface area contributed by atoms with Crippen LogP contribution in [0.2, 0.25) is 0 Å². The highest BCUT2D eigenvalue weighted by Gasteiger charge is 2.15. The van der Waals surface area contributed by atoms with E-state index in [1.807, 2.05) is 43.3 Å². The fourth-order valence-electron chi connectivity index (χ4n) is 2.19. The fraction of sp³-hybridized carbons (Fsp3) is 0.0667. The van der Waals surface area contributed by atoms with Crippen LogP contribution >= 0.6 is 0 Å². The molecule has 2 heterocycles. The average Bonchev–Trinajstić information content (AvgIpc) is 2.78. The summed E-state index contributed by atoms with van der Waals surface area (Å²) in [6.45, 7) is 1.98. The summed E-state index contributed by atoms with van der Waals surface area (Å²) in [5.41, 5.74) is 8.64. The second-order valence-corrected chi connectivity index (χ2v) is 4.40. The summed E-state index contributed by atoms with van der Waals surface area (Å²) in [4.78, 5) is 16.0.